The number of nitrogens with one attached hydrogen (secondary N) is 1. The third kappa shape index (κ3) is 5.74. The van der Waals surface area contributed by atoms with Crippen LogP contribution >= 0.6 is 11.6 Å². The maximum Gasteiger partial charge on any atom is 0.210 e. The molecule has 0 aliphatic carbocycles. The molecule has 0 bridgehead atoms. The Morgan fingerprint density at radius 3 is 2.40 bits per heavy atom. The molecule has 0 spiro atoms. The lowest BCUT2D eigenvalue weighted by Gasteiger charge is -2.03. The van der Waals surface area contributed by atoms with Crippen LogP contribution in [0.2, 0.25) is 5.02 Å². The van der Waals surface area contributed by atoms with Crippen LogP contribution in [0.25, 0.3) is 0 Å². The highest BCUT2D eigenvalue weighted by Gasteiger charge is 2.00. The van der Waals surface area contributed by atoms with Gasteiger partial charge in [0.25, 0.3) is 0 Å². The van der Waals surface area contributed by atoms with E-state index >= 15 is 0 Å². The van der Waals surface area contributed by atoms with Gasteiger partial charge in [0, 0.05) is 18.1 Å². The van der Waals surface area contributed by atoms with E-state index < -0.39 is 10.0 Å². The molecule has 3 N–H and O–H groups in total. The largest absolute Gasteiger partial charge is 0.312 e. The first-order valence-corrected chi connectivity index (χ1v) is 6.52. The molecule has 0 saturated carbocycles. The van der Waals surface area contributed by atoms with Crippen molar-refractivity contribution < 1.29 is 8.42 Å². The second-order valence-corrected chi connectivity index (χ2v) is 5.34. The van der Waals surface area contributed by atoms with Gasteiger partial charge in [-0.15, -0.1) is 0 Å². The molecular formula is C9H13ClN2O2S. The van der Waals surface area contributed by atoms with Gasteiger partial charge in [0.1, 0.15) is 0 Å². The molecule has 1 aromatic rings. The monoisotopic (exact) mass is 248 g/mol. The van der Waals surface area contributed by atoms with Crippen LogP contribution in [0.3, 0.4) is 0 Å². The van der Waals surface area contributed by atoms with Crippen molar-refractivity contribution in [2.24, 2.45) is 5.14 Å². The van der Waals surface area contributed by atoms with Crippen molar-refractivity contribution >= 4 is 21.6 Å². The molecule has 0 unspecified atom stereocenters. The van der Waals surface area contributed by atoms with Gasteiger partial charge in [-0.25, -0.2) is 13.6 Å². The number of sulfonamides is 1. The highest BCUT2D eigenvalue weighted by molar-refractivity contribution is 7.89. The van der Waals surface area contributed by atoms with E-state index in [-0.39, 0.29) is 5.75 Å². The summed E-state index contributed by atoms with van der Waals surface area (Å²) in [4.78, 5) is 0. The molecule has 0 heterocycles. The van der Waals surface area contributed by atoms with Gasteiger partial charge in [-0.1, -0.05) is 23.7 Å². The number of primary sulfonamides is 1. The van der Waals surface area contributed by atoms with Crippen LogP contribution in [0, 0.1) is 0 Å². The van der Waals surface area contributed by atoms with E-state index in [1.807, 2.05) is 12.1 Å². The van der Waals surface area contributed by atoms with E-state index in [0.717, 1.165) is 5.56 Å². The first-order valence-electron chi connectivity index (χ1n) is 4.43. The number of halogens is 1. The molecule has 6 heteroatoms. The molecule has 0 amide bonds. The molecule has 84 valence electrons. The summed E-state index contributed by atoms with van der Waals surface area (Å²) in [6.07, 6.45) is 0. The Morgan fingerprint density at radius 2 is 1.87 bits per heavy atom. The number of hydrogen-bond donors (Lipinski definition) is 2. The van der Waals surface area contributed by atoms with Crippen molar-refractivity contribution in [3.05, 3.63) is 34.9 Å². The van der Waals surface area contributed by atoms with Crippen LogP contribution in [-0.2, 0) is 16.6 Å². The minimum Gasteiger partial charge on any atom is -0.312 e. The Kier molecular flexibility index (Phi) is 4.53. The number of benzene rings is 1. The minimum absolute atomic E-state index is 0.0550. The van der Waals surface area contributed by atoms with E-state index in [9.17, 15) is 8.42 Å². The second kappa shape index (κ2) is 5.46. The molecule has 0 atom stereocenters. The molecule has 0 aromatic heterocycles. The second-order valence-electron chi connectivity index (χ2n) is 3.17. The first kappa shape index (κ1) is 12.4. The maximum absolute atomic E-state index is 10.6. The normalized spacial score (nSPS) is 11.6. The highest BCUT2D eigenvalue weighted by atomic mass is 35.5. The molecule has 1 aromatic carbocycles. The summed E-state index contributed by atoms with van der Waals surface area (Å²) in [5.41, 5.74) is 1.05. The van der Waals surface area contributed by atoms with Crippen molar-refractivity contribution in [2.45, 2.75) is 6.54 Å². The summed E-state index contributed by atoms with van der Waals surface area (Å²) in [7, 11) is -3.37. The molecule has 0 fully saturated rings. The Labute approximate surface area is 94.5 Å². The van der Waals surface area contributed by atoms with E-state index in [1.165, 1.54) is 0 Å². The fraction of sp³-hybridized carbons (Fsp3) is 0.333. The van der Waals surface area contributed by atoms with Crippen molar-refractivity contribution in [2.75, 3.05) is 12.3 Å². The van der Waals surface area contributed by atoms with E-state index in [0.29, 0.717) is 18.1 Å². The van der Waals surface area contributed by atoms with Crippen molar-refractivity contribution in [3.8, 4) is 0 Å². The molecule has 15 heavy (non-hydrogen) atoms. The smallest absolute Gasteiger partial charge is 0.210 e. The van der Waals surface area contributed by atoms with Crippen LogP contribution in [0.5, 0.6) is 0 Å². The SMILES string of the molecule is NS(=O)(=O)CCNCc1ccc(Cl)cc1. The first-order chi connectivity index (χ1) is 6.97. The Hall–Kier alpha value is -0.620. The predicted molar refractivity (Wildman–Crippen MR) is 61.1 cm³/mol. The molecular weight excluding hydrogens is 236 g/mol. The average molecular weight is 249 g/mol. The average Bonchev–Trinajstić information content (AvgIpc) is 2.14. The molecule has 1 rings (SSSR count). The third-order valence-corrected chi connectivity index (χ3v) is 2.83. The topological polar surface area (TPSA) is 72.2 Å². The summed E-state index contributed by atoms with van der Waals surface area (Å²) >= 11 is 5.72. The van der Waals surface area contributed by atoms with Crippen molar-refractivity contribution in [3.63, 3.8) is 0 Å². The minimum atomic E-state index is -3.37. The summed E-state index contributed by atoms with van der Waals surface area (Å²) in [6.45, 7) is 0.953. The van der Waals surface area contributed by atoms with Crippen LogP contribution in [-0.4, -0.2) is 20.7 Å². The fourth-order valence-electron chi connectivity index (χ4n) is 1.05. The van der Waals surface area contributed by atoms with Gasteiger partial charge in [0.05, 0.1) is 5.75 Å². The van der Waals surface area contributed by atoms with Crippen LogP contribution in [0.4, 0.5) is 0 Å². The zero-order valence-electron chi connectivity index (χ0n) is 8.11. The van der Waals surface area contributed by atoms with Crippen LogP contribution in [0.1, 0.15) is 5.56 Å². The van der Waals surface area contributed by atoms with E-state index in [4.69, 9.17) is 16.7 Å². The zero-order valence-corrected chi connectivity index (χ0v) is 9.68. The van der Waals surface area contributed by atoms with Crippen molar-refractivity contribution in [1.29, 1.82) is 0 Å². The van der Waals surface area contributed by atoms with Gasteiger partial charge >= 0.3 is 0 Å². The summed E-state index contributed by atoms with van der Waals surface area (Å²) in [5, 5.41) is 8.51. The Morgan fingerprint density at radius 1 is 1.27 bits per heavy atom. The number of hydrogen-bond acceptors (Lipinski definition) is 3. The molecule has 0 aliphatic rings. The molecule has 0 saturated heterocycles. The Bertz CT molecular complexity index is 403. The van der Waals surface area contributed by atoms with Gasteiger partial charge in [-0.05, 0) is 17.7 Å². The number of rotatable bonds is 5. The lowest BCUT2D eigenvalue weighted by atomic mass is 10.2. The maximum atomic E-state index is 10.6. The van der Waals surface area contributed by atoms with E-state index in [1.54, 1.807) is 12.1 Å². The summed E-state index contributed by atoms with van der Waals surface area (Å²) in [5.74, 6) is -0.0550. The fourth-order valence-corrected chi connectivity index (χ4v) is 1.60. The standard InChI is InChI=1S/C9H13ClN2O2S/c10-9-3-1-8(2-4-9)7-12-5-6-15(11,13)14/h1-4,12H,5-7H2,(H2,11,13,14). The Balaban J connectivity index is 2.29. The summed E-state index contributed by atoms with van der Waals surface area (Å²) in [6, 6.07) is 7.34. The molecule has 0 radical (unpaired) electrons. The predicted octanol–water partition coefficient (Wildman–Crippen LogP) is 0.718. The van der Waals surface area contributed by atoms with E-state index in [2.05, 4.69) is 5.32 Å². The van der Waals surface area contributed by atoms with Gasteiger partial charge in [0.2, 0.25) is 10.0 Å². The van der Waals surface area contributed by atoms with Crippen LogP contribution < -0.4 is 10.5 Å². The van der Waals surface area contributed by atoms with Gasteiger partial charge in [0.15, 0.2) is 0 Å². The molecule has 4 nitrogen and oxygen atoms in total. The van der Waals surface area contributed by atoms with Gasteiger partial charge in [-0.2, -0.15) is 0 Å². The third-order valence-electron chi connectivity index (χ3n) is 1.81. The van der Waals surface area contributed by atoms with Gasteiger partial charge < -0.3 is 5.32 Å². The van der Waals surface area contributed by atoms with Crippen LogP contribution in [0.15, 0.2) is 24.3 Å². The van der Waals surface area contributed by atoms with Gasteiger partial charge in [-0.3, -0.25) is 0 Å². The lowest BCUT2D eigenvalue weighted by molar-refractivity contribution is 0.592. The summed E-state index contributed by atoms with van der Waals surface area (Å²) < 4.78 is 21.2. The number of nitrogens with two attached hydrogens (primary N) is 1. The molecule has 0 aliphatic heterocycles. The quantitative estimate of drug-likeness (QED) is 0.755. The zero-order chi connectivity index (χ0) is 11.3. The lowest BCUT2D eigenvalue weighted by Crippen LogP contribution is -2.26. The van der Waals surface area contributed by atoms with Crippen molar-refractivity contribution in [1.82, 2.24) is 5.32 Å². The highest BCUT2D eigenvalue weighted by Crippen LogP contribution is 2.08.